The van der Waals surface area contributed by atoms with Crippen LogP contribution in [-0.4, -0.2) is 5.11 Å². The Labute approximate surface area is 80.8 Å². The molecule has 0 atom stereocenters. The summed E-state index contributed by atoms with van der Waals surface area (Å²) in [6.07, 6.45) is 2.00. The fourth-order valence-corrected chi connectivity index (χ4v) is 0.784. The normalized spacial score (nSPS) is 13.7. The first kappa shape index (κ1) is 11.8. The molecule has 0 aromatic heterocycles. The van der Waals surface area contributed by atoms with E-state index >= 15 is 0 Å². The van der Waals surface area contributed by atoms with Crippen molar-refractivity contribution in [1.29, 1.82) is 0 Å². The first-order valence-corrected chi connectivity index (χ1v) is 4.26. The minimum absolute atomic E-state index is 0.128. The van der Waals surface area contributed by atoms with Crippen molar-refractivity contribution in [3.8, 4) is 0 Å². The summed E-state index contributed by atoms with van der Waals surface area (Å²) in [5.41, 5.74) is 4.00. The van der Waals surface area contributed by atoms with Gasteiger partial charge in [0.25, 0.3) is 0 Å². The van der Waals surface area contributed by atoms with Gasteiger partial charge in [0.15, 0.2) is 0 Å². The molecule has 0 bridgehead atoms. The number of allylic oxidation sites excluding steroid dienone is 5. The highest BCUT2D eigenvalue weighted by atomic mass is 16.3. The van der Waals surface area contributed by atoms with Gasteiger partial charge in [-0.2, -0.15) is 0 Å². The monoisotopic (exact) mass is 178 g/mol. The largest absolute Gasteiger partial charge is 0.508 e. The van der Waals surface area contributed by atoms with Crippen LogP contribution >= 0.6 is 0 Å². The van der Waals surface area contributed by atoms with Gasteiger partial charge in [-0.1, -0.05) is 24.8 Å². The van der Waals surface area contributed by atoms with E-state index in [0.717, 1.165) is 22.3 Å². The standard InChI is InChI=1S/C12H18O/c1-8(2)9(3)7-10(4)11(5)12(6)13/h7,13H,1,6H2,2-5H3/b9-7+,11-10+. The molecule has 0 saturated carbocycles. The molecule has 0 aromatic rings. The van der Waals surface area contributed by atoms with E-state index in [4.69, 9.17) is 5.11 Å². The second kappa shape index (κ2) is 4.70. The van der Waals surface area contributed by atoms with Crippen LogP contribution in [0.2, 0.25) is 0 Å². The van der Waals surface area contributed by atoms with Crippen LogP contribution in [-0.2, 0) is 0 Å². The lowest BCUT2D eigenvalue weighted by molar-refractivity contribution is 0.425. The zero-order valence-electron chi connectivity index (χ0n) is 8.94. The topological polar surface area (TPSA) is 20.2 Å². The lowest BCUT2D eigenvalue weighted by Gasteiger charge is -2.04. The van der Waals surface area contributed by atoms with Crippen LogP contribution in [0.25, 0.3) is 0 Å². The summed E-state index contributed by atoms with van der Waals surface area (Å²) >= 11 is 0. The van der Waals surface area contributed by atoms with Crippen LogP contribution in [0.3, 0.4) is 0 Å². The van der Waals surface area contributed by atoms with Gasteiger partial charge < -0.3 is 5.11 Å². The number of rotatable bonds is 3. The fraction of sp³-hybridized carbons (Fsp3) is 0.333. The van der Waals surface area contributed by atoms with Crippen LogP contribution in [0.4, 0.5) is 0 Å². The first-order chi connectivity index (χ1) is 5.86. The van der Waals surface area contributed by atoms with E-state index in [-0.39, 0.29) is 5.76 Å². The van der Waals surface area contributed by atoms with Gasteiger partial charge in [0.05, 0.1) is 0 Å². The van der Waals surface area contributed by atoms with Gasteiger partial charge in [0.1, 0.15) is 5.76 Å². The molecule has 0 unspecified atom stereocenters. The van der Waals surface area contributed by atoms with Gasteiger partial charge >= 0.3 is 0 Å². The maximum Gasteiger partial charge on any atom is 0.111 e. The molecule has 0 aliphatic carbocycles. The molecule has 0 aromatic carbocycles. The van der Waals surface area contributed by atoms with Gasteiger partial charge in [0.2, 0.25) is 0 Å². The zero-order chi connectivity index (χ0) is 10.6. The summed E-state index contributed by atoms with van der Waals surface area (Å²) in [7, 11) is 0. The lowest BCUT2D eigenvalue weighted by Crippen LogP contribution is -1.86. The second-order valence-corrected chi connectivity index (χ2v) is 3.36. The van der Waals surface area contributed by atoms with E-state index in [0.29, 0.717) is 0 Å². The Morgan fingerprint density at radius 1 is 1.08 bits per heavy atom. The van der Waals surface area contributed by atoms with Gasteiger partial charge in [0, 0.05) is 0 Å². The van der Waals surface area contributed by atoms with Gasteiger partial charge in [-0.3, -0.25) is 0 Å². The number of aliphatic hydroxyl groups is 1. The smallest absolute Gasteiger partial charge is 0.111 e. The third-order valence-corrected chi connectivity index (χ3v) is 2.13. The summed E-state index contributed by atoms with van der Waals surface area (Å²) in [6.45, 7) is 15.1. The van der Waals surface area contributed by atoms with E-state index < -0.39 is 0 Å². The van der Waals surface area contributed by atoms with E-state index in [1.807, 2.05) is 33.8 Å². The third kappa shape index (κ3) is 3.79. The molecule has 0 radical (unpaired) electrons. The molecule has 0 fully saturated rings. The average Bonchev–Trinajstić information content (AvgIpc) is 2.02. The Morgan fingerprint density at radius 2 is 1.54 bits per heavy atom. The lowest BCUT2D eigenvalue weighted by atomic mass is 10.0. The SMILES string of the molecule is C=C(C)/C(C)=C/C(C)=C(\C)C(=C)O. The summed E-state index contributed by atoms with van der Waals surface area (Å²) in [6, 6.07) is 0. The quantitative estimate of drug-likeness (QED) is 0.513. The Bertz CT molecular complexity index is 290. The molecule has 1 nitrogen and oxygen atoms in total. The van der Waals surface area contributed by atoms with Gasteiger partial charge in [-0.05, 0) is 44.4 Å². The highest BCUT2D eigenvalue weighted by Crippen LogP contribution is 2.15. The van der Waals surface area contributed by atoms with Crippen molar-refractivity contribution in [2.45, 2.75) is 27.7 Å². The summed E-state index contributed by atoms with van der Waals surface area (Å²) in [5.74, 6) is 0.128. The predicted octanol–water partition coefficient (Wildman–Crippen LogP) is 3.92. The first-order valence-electron chi connectivity index (χ1n) is 4.26. The molecule has 0 aliphatic heterocycles. The minimum Gasteiger partial charge on any atom is -0.508 e. The maximum atomic E-state index is 9.14. The molecule has 0 amide bonds. The summed E-state index contributed by atoms with van der Waals surface area (Å²) in [5, 5.41) is 9.14. The van der Waals surface area contributed by atoms with Crippen molar-refractivity contribution in [3.05, 3.63) is 47.3 Å². The van der Waals surface area contributed by atoms with Crippen molar-refractivity contribution >= 4 is 0 Å². The maximum absolute atomic E-state index is 9.14. The molecule has 1 heteroatoms. The molecule has 13 heavy (non-hydrogen) atoms. The van der Waals surface area contributed by atoms with E-state index in [1.165, 1.54) is 0 Å². The van der Waals surface area contributed by atoms with Crippen LogP contribution in [0.15, 0.2) is 47.3 Å². The van der Waals surface area contributed by atoms with Crippen LogP contribution in [0, 0.1) is 0 Å². The van der Waals surface area contributed by atoms with E-state index in [1.54, 1.807) is 0 Å². The van der Waals surface area contributed by atoms with E-state index in [2.05, 4.69) is 13.2 Å². The Balaban J connectivity index is 4.92. The van der Waals surface area contributed by atoms with Crippen molar-refractivity contribution in [1.82, 2.24) is 0 Å². The molecule has 0 rings (SSSR count). The van der Waals surface area contributed by atoms with Crippen molar-refractivity contribution < 1.29 is 5.11 Å². The summed E-state index contributed by atoms with van der Waals surface area (Å²) < 4.78 is 0. The molecular formula is C12H18O. The Morgan fingerprint density at radius 3 is 1.85 bits per heavy atom. The number of hydrogen-bond acceptors (Lipinski definition) is 1. The highest BCUT2D eigenvalue weighted by Gasteiger charge is 1.98. The average molecular weight is 178 g/mol. The molecular weight excluding hydrogens is 160 g/mol. The summed E-state index contributed by atoms with van der Waals surface area (Å²) in [4.78, 5) is 0. The predicted molar refractivity (Wildman–Crippen MR) is 58.7 cm³/mol. The van der Waals surface area contributed by atoms with Gasteiger partial charge in [-0.15, -0.1) is 0 Å². The Hall–Kier alpha value is -1.24. The van der Waals surface area contributed by atoms with Crippen LogP contribution in [0.5, 0.6) is 0 Å². The number of hydrogen-bond donors (Lipinski definition) is 1. The van der Waals surface area contributed by atoms with Crippen molar-refractivity contribution in [2.75, 3.05) is 0 Å². The molecule has 0 aliphatic rings. The number of aliphatic hydroxyl groups excluding tert-OH is 1. The Kier molecular flexibility index (Phi) is 4.26. The molecule has 0 heterocycles. The molecule has 0 spiro atoms. The molecule has 1 N–H and O–H groups in total. The van der Waals surface area contributed by atoms with Crippen molar-refractivity contribution in [3.63, 3.8) is 0 Å². The van der Waals surface area contributed by atoms with Crippen LogP contribution in [0.1, 0.15) is 27.7 Å². The van der Waals surface area contributed by atoms with Crippen LogP contribution < -0.4 is 0 Å². The minimum atomic E-state index is 0.128. The van der Waals surface area contributed by atoms with Crippen molar-refractivity contribution in [2.24, 2.45) is 0 Å². The fourth-order valence-electron chi connectivity index (χ4n) is 0.784. The third-order valence-electron chi connectivity index (χ3n) is 2.13. The molecule has 0 saturated heterocycles. The second-order valence-electron chi connectivity index (χ2n) is 3.36. The van der Waals surface area contributed by atoms with E-state index in [9.17, 15) is 0 Å². The van der Waals surface area contributed by atoms with Gasteiger partial charge in [-0.25, -0.2) is 0 Å². The highest BCUT2D eigenvalue weighted by molar-refractivity contribution is 5.38. The molecule has 72 valence electrons. The zero-order valence-corrected chi connectivity index (χ0v) is 8.94.